The quantitative estimate of drug-likeness (QED) is 0.746. The Morgan fingerprint density at radius 2 is 2.05 bits per heavy atom. The Hall–Kier alpha value is -0.875. The molecule has 0 amide bonds. The standard InChI is InChI=1S/C14H22BNO3/c1-16(10-13-3-2-8-19-11-13)9-12-4-6-14(7-5-12)15(17)18/h4-7,13,17-18H,2-3,8-11H2,1H3. The maximum Gasteiger partial charge on any atom is 0.488 e. The highest BCUT2D eigenvalue weighted by Gasteiger charge is 2.16. The second-order valence-electron chi connectivity index (χ2n) is 5.40. The minimum Gasteiger partial charge on any atom is -0.423 e. The van der Waals surface area contributed by atoms with Crippen molar-refractivity contribution in [1.82, 2.24) is 4.90 Å². The molecule has 1 fully saturated rings. The van der Waals surface area contributed by atoms with Gasteiger partial charge >= 0.3 is 7.12 Å². The number of benzene rings is 1. The van der Waals surface area contributed by atoms with Gasteiger partial charge in [-0.1, -0.05) is 24.3 Å². The molecule has 1 aliphatic rings. The summed E-state index contributed by atoms with van der Waals surface area (Å²) in [5.74, 6) is 0.636. The van der Waals surface area contributed by atoms with Crippen molar-refractivity contribution in [3.63, 3.8) is 0 Å². The summed E-state index contributed by atoms with van der Waals surface area (Å²) < 4.78 is 5.49. The smallest absolute Gasteiger partial charge is 0.423 e. The van der Waals surface area contributed by atoms with Crippen LogP contribution in [0.5, 0.6) is 0 Å². The van der Waals surface area contributed by atoms with Crippen molar-refractivity contribution < 1.29 is 14.8 Å². The Morgan fingerprint density at radius 3 is 2.63 bits per heavy atom. The number of ether oxygens (including phenoxy) is 1. The zero-order valence-corrected chi connectivity index (χ0v) is 11.5. The predicted octanol–water partition coefficient (Wildman–Crippen LogP) is 0.225. The number of hydrogen-bond donors (Lipinski definition) is 2. The molecule has 1 aromatic rings. The van der Waals surface area contributed by atoms with Crippen LogP contribution < -0.4 is 5.46 Å². The maximum absolute atomic E-state index is 9.04. The summed E-state index contributed by atoms with van der Waals surface area (Å²) in [7, 11) is 0.731. The maximum atomic E-state index is 9.04. The molecule has 1 heterocycles. The Balaban J connectivity index is 1.82. The molecule has 2 N–H and O–H groups in total. The molecule has 5 heteroatoms. The molecule has 104 valence electrons. The minimum atomic E-state index is -1.38. The second kappa shape index (κ2) is 7.05. The molecular weight excluding hydrogens is 241 g/mol. The highest BCUT2D eigenvalue weighted by atomic mass is 16.5. The van der Waals surface area contributed by atoms with Crippen LogP contribution in [-0.4, -0.2) is 48.9 Å². The molecule has 1 aromatic carbocycles. The van der Waals surface area contributed by atoms with Gasteiger partial charge in [0.25, 0.3) is 0 Å². The topological polar surface area (TPSA) is 52.9 Å². The molecular formula is C14H22BNO3. The summed E-state index contributed by atoms with van der Waals surface area (Å²) >= 11 is 0. The molecule has 0 aromatic heterocycles. The third-order valence-corrected chi connectivity index (χ3v) is 3.55. The van der Waals surface area contributed by atoms with Gasteiger partial charge in [0.2, 0.25) is 0 Å². The van der Waals surface area contributed by atoms with Crippen molar-refractivity contribution in [1.29, 1.82) is 0 Å². The van der Waals surface area contributed by atoms with Gasteiger partial charge in [-0.2, -0.15) is 0 Å². The van der Waals surface area contributed by atoms with Crippen LogP contribution in [-0.2, 0) is 11.3 Å². The lowest BCUT2D eigenvalue weighted by molar-refractivity contribution is 0.0411. The van der Waals surface area contributed by atoms with E-state index in [-0.39, 0.29) is 0 Å². The SMILES string of the molecule is CN(Cc1ccc(B(O)O)cc1)CC1CCCOC1. The monoisotopic (exact) mass is 263 g/mol. The average molecular weight is 263 g/mol. The first kappa shape index (κ1) is 14.5. The lowest BCUT2D eigenvalue weighted by Gasteiger charge is -2.27. The fourth-order valence-corrected chi connectivity index (χ4v) is 2.56. The van der Waals surface area contributed by atoms with Gasteiger partial charge in [0.05, 0.1) is 6.61 Å². The Kier molecular flexibility index (Phi) is 5.40. The molecule has 19 heavy (non-hydrogen) atoms. The average Bonchev–Trinajstić information content (AvgIpc) is 2.40. The summed E-state index contributed by atoms with van der Waals surface area (Å²) in [6.07, 6.45) is 2.42. The lowest BCUT2D eigenvalue weighted by atomic mass is 9.80. The van der Waals surface area contributed by atoms with Crippen LogP contribution in [0.3, 0.4) is 0 Å². The normalized spacial score (nSPS) is 19.7. The van der Waals surface area contributed by atoms with Gasteiger partial charge in [-0.15, -0.1) is 0 Å². The molecule has 4 nitrogen and oxygen atoms in total. The van der Waals surface area contributed by atoms with E-state index in [0.29, 0.717) is 11.4 Å². The van der Waals surface area contributed by atoms with Crippen molar-refractivity contribution in [2.75, 3.05) is 26.8 Å². The van der Waals surface area contributed by atoms with E-state index in [1.54, 1.807) is 12.1 Å². The molecule has 0 spiro atoms. The van der Waals surface area contributed by atoms with E-state index in [4.69, 9.17) is 14.8 Å². The summed E-state index contributed by atoms with van der Waals surface area (Å²) in [4.78, 5) is 2.30. The lowest BCUT2D eigenvalue weighted by Crippen LogP contribution is -2.31. The van der Waals surface area contributed by atoms with Gasteiger partial charge in [-0.3, -0.25) is 0 Å². The fourth-order valence-electron chi connectivity index (χ4n) is 2.56. The summed E-state index contributed by atoms with van der Waals surface area (Å²) in [5.41, 5.74) is 1.72. The van der Waals surface area contributed by atoms with E-state index in [1.807, 2.05) is 12.1 Å². The second-order valence-corrected chi connectivity index (χ2v) is 5.40. The van der Waals surface area contributed by atoms with Crippen molar-refractivity contribution >= 4 is 12.6 Å². The molecule has 0 radical (unpaired) electrons. The molecule has 1 saturated heterocycles. The molecule has 1 aliphatic heterocycles. The van der Waals surface area contributed by atoms with Gasteiger partial charge in [-0.05, 0) is 36.8 Å². The van der Waals surface area contributed by atoms with Crippen LogP contribution in [0.15, 0.2) is 24.3 Å². The first-order valence-electron chi connectivity index (χ1n) is 6.86. The van der Waals surface area contributed by atoms with Gasteiger partial charge < -0.3 is 19.7 Å². The number of rotatable bonds is 5. The van der Waals surface area contributed by atoms with E-state index in [0.717, 1.165) is 26.3 Å². The van der Waals surface area contributed by atoms with E-state index < -0.39 is 7.12 Å². The van der Waals surface area contributed by atoms with E-state index in [9.17, 15) is 0 Å². The highest BCUT2D eigenvalue weighted by molar-refractivity contribution is 6.58. The van der Waals surface area contributed by atoms with Crippen molar-refractivity contribution in [2.24, 2.45) is 5.92 Å². The van der Waals surface area contributed by atoms with E-state index >= 15 is 0 Å². The molecule has 0 aliphatic carbocycles. The van der Waals surface area contributed by atoms with Gasteiger partial charge in [0.15, 0.2) is 0 Å². The zero-order chi connectivity index (χ0) is 13.7. The summed E-state index contributed by atoms with van der Waals surface area (Å²) in [6.45, 7) is 3.70. The summed E-state index contributed by atoms with van der Waals surface area (Å²) in [5, 5.41) is 18.1. The van der Waals surface area contributed by atoms with Crippen LogP contribution in [0.2, 0.25) is 0 Å². The molecule has 1 unspecified atom stereocenters. The summed E-state index contributed by atoms with van der Waals surface area (Å²) in [6, 6.07) is 7.42. The molecule has 0 bridgehead atoms. The minimum absolute atomic E-state index is 0.534. The fraction of sp³-hybridized carbons (Fsp3) is 0.571. The van der Waals surface area contributed by atoms with Gasteiger partial charge in [0.1, 0.15) is 0 Å². The number of hydrogen-bond acceptors (Lipinski definition) is 4. The zero-order valence-electron chi connectivity index (χ0n) is 11.5. The van der Waals surface area contributed by atoms with Crippen molar-refractivity contribution in [3.8, 4) is 0 Å². The third-order valence-electron chi connectivity index (χ3n) is 3.55. The van der Waals surface area contributed by atoms with Crippen molar-refractivity contribution in [2.45, 2.75) is 19.4 Å². The Morgan fingerprint density at radius 1 is 1.32 bits per heavy atom. The molecule has 0 saturated carbocycles. The largest absolute Gasteiger partial charge is 0.488 e. The highest BCUT2D eigenvalue weighted by Crippen LogP contribution is 2.15. The van der Waals surface area contributed by atoms with Crippen LogP contribution >= 0.6 is 0 Å². The van der Waals surface area contributed by atoms with Crippen LogP contribution in [0.25, 0.3) is 0 Å². The van der Waals surface area contributed by atoms with E-state index in [2.05, 4.69) is 11.9 Å². The first-order chi connectivity index (χ1) is 9.15. The van der Waals surface area contributed by atoms with E-state index in [1.165, 1.54) is 18.4 Å². The Bertz CT molecular complexity index is 377. The predicted molar refractivity (Wildman–Crippen MR) is 76.1 cm³/mol. The Labute approximate surface area is 115 Å². The number of nitrogens with zero attached hydrogens (tertiary/aromatic N) is 1. The molecule has 2 rings (SSSR count). The van der Waals surface area contributed by atoms with Crippen LogP contribution in [0, 0.1) is 5.92 Å². The van der Waals surface area contributed by atoms with Crippen LogP contribution in [0.1, 0.15) is 18.4 Å². The molecule has 1 atom stereocenters. The van der Waals surface area contributed by atoms with Gasteiger partial charge in [0, 0.05) is 19.7 Å². The van der Waals surface area contributed by atoms with Crippen molar-refractivity contribution in [3.05, 3.63) is 29.8 Å². The third kappa shape index (κ3) is 4.62. The first-order valence-corrected chi connectivity index (χ1v) is 6.86. The van der Waals surface area contributed by atoms with Crippen LogP contribution in [0.4, 0.5) is 0 Å². The van der Waals surface area contributed by atoms with Gasteiger partial charge in [-0.25, -0.2) is 0 Å².